The Hall–Kier alpha value is -2.81. The molecule has 142 valence electrons. The van der Waals surface area contributed by atoms with Crippen LogP contribution in [0.4, 0.5) is 13.2 Å². The molecule has 4 rings (SSSR count). The number of fused-ring (bicyclic) bond motifs is 1. The van der Waals surface area contributed by atoms with Crippen LogP contribution in [0.15, 0.2) is 42.9 Å². The molecule has 1 aliphatic carbocycles. The third kappa shape index (κ3) is 3.82. The molecule has 0 spiro atoms. The van der Waals surface area contributed by atoms with Gasteiger partial charge >= 0.3 is 6.36 Å². The van der Waals surface area contributed by atoms with Gasteiger partial charge in [-0.2, -0.15) is 0 Å². The molecule has 1 fully saturated rings. The molecular formula is C18H16F3N3O3. The Bertz CT molecular complexity index is 959. The van der Waals surface area contributed by atoms with Crippen LogP contribution in [0, 0.1) is 0 Å². The van der Waals surface area contributed by atoms with Crippen LogP contribution in [0.25, 0.3) is 11.0 Å². The smallest absolute Gasteiger partial charge is 0.439 e. The van der Waals surface area contributed by atoms with Crippen molar-refractivity contribution in [2.45, 2.75) is 37.8 Å². The number of aliphatic hydroxyl groups is 1. The lowest BCUT2D eigenvalue weighted by molar-refractivity contribution is -0.274. The molecule has 0 radical (unpaired) electrons. The quantitative estimate of drug-likeness (QED) is 0.736. The molecule has 1 N–H and O–H groups in total. The Labute approximate surface area is 152 Å². The van der Waals surface area contributed by atoms with Gasteiger partial charge in [-0.05, 0) is 38.0 Å². The number of halogens is 3. The molecule has 0 saturated heterocycles. The number of aromatic nitrogens is 3. The number of hydrogen-bond donors (Lipinski definition) is 1. The highest BCUT2D eigenvalue weighted by Crippen LogP contribution is 2.42. The minimum atomic E-state index is -4.76. The summed E-state index contributed by atoms with van der Waals surface area (Å²) in [5.41, 5.74) is 0.986. The van der Waals surface area contributed by atoms with E-state index in [1.807, 2.05) is 4.57 Å². The van der Waals surface area contributed by atoms with Crippen LogP contribution in [-0.4, -0.2) is 31.6 Å². The Morgan fingerprint density at radius 3 is 2.52 bits per heavy atom. The average Bonchev–Trinajstić information content (AvgIpc) is 2.96. The molecule has 0 atom stereocenters. The van der Waals surface area contributed by atoms with Gasteiger partial charge in [-0.3, -0.25) is 0 Å². The fraction of sp³-hybridized carbons (Fsp3) is 0.333. The zero-order chi connectivity index (χ0) is 19.2. The summed E-state index contributed by atoms with van der Waals surface area (Å²) < 4.78 is 48.0. The highest BCUT2D eigenvalue weighted by Gasteiger charge is 2.39. The standard InChI is InChI=1S/C18H16F3N3O3/c1-17(25)7-11(8-17)24-10-23-14-4-2-12(6-15(14)24)26-16-5-3-13(9-22-16)27-18(19,20)21/h2-6,9-11,25H,7-8H2,1H3/t11-,17+. The third-order valence-electron chi connectivity index (χ3n) is 4.46. The van der Waals surface area contributed by atoms with Crippen LogP contribution in [0.1, 0.15) is 25.8 Å². The largest absolute Gasteiger partial charge is 0.573 e. The molecule has 27 heavy (non-hydrogen) atoms. The molecule has 3 aromatic rings. The maximum atomic E-state index is 12.2. The number of rotatable bonds is 4. The summed E-state index contributed by atoms with van der Waals surface area (Å²) in [6.45, 7) is 1.80. The number of nitrogens with zero attached hydrogens (tertiary/aromatic N) is 3. The van der Waals surface area contributed by atoms with E-state index in [2.05, 4.69) is 14.7 Å². The van der Waals surface area contributed by atoms with Crippen molar-refractivity contribution >= 4 is 11.0 Å². The summed E-state index contributed by atoms with van der Waals surface area (Å²) in [6.07, 6.45) is -0.797. The summed E-state index contributed by atoms with van der Waals surface area (Å²) in [5.74, 6) is 0.203. The van der Waals surface area contributed by atoms with Gasteiger partial charge in [-0.1, -0.05) is 0 Å². The Kier molecular flexibility index (Phi) is 3.99. The third-order valence-corrected chi connectivity index (χ3v) is 4.46. The summed E-state index contributed by atoms with van der Waals surface area (Å²) in [5, 5.41) is 9.95. The first-order valence-electron chi connectivity index (χ1n) is 8.27. The first kappa shape index (κ1) is 17.6. The van der Waals surface area contributed by atoms with Gasteiger partial charge in [-0.25, -0.2) is 9.97 Å². The second-order valence-corrected chi connectivity index (χ2v) is 6.84. The molecule has 1 saturated carbocycles. The molecular weight excluding hydrogens is 363 g/mol. The molecule has 0 unspecified atom stereocenters. The van der Waals surface area contributed by atoms with Gasteiger partial charge in [0.2, 0.25) is 5.88 Å². The van der Waals surface area contributed by atoms with E-state index in [-0.39, 0.29) is 11.9 Å². The lowest BCUT2D eigenvalue weighted by Gasteiger charge is -2.41. The zero-order valence-electron chi connectivity index (χ0n) is 14.3. The van der Waals surface area contributed by atoms with Crippen LogP contribution in [0.5, 0.6) is 17.4 Å². The number of benzene rings is 1. The molecule has 0 amide bonds. The van der Waals surface area contributed by atoms with Crippen molar-refractivity contribution in [2.24, 2.45) is 0 Å². The van der Waals surface area contributed by atoms with Crippen LogP contribution >= 0.6 is 0 Å². The van der Waals surface area contributed by atoms with Gasteiger partial charge in [0.15, 0.2) is 0 Å². The highest BCUT2D eigenvalue weighted by molar-refractivity contribution is 5.77. The van der Waals surface area contributed by atoms with E-state index in [4.69, 9.17) is 4.74 Å². The molecule has 0 aliphatic heterocycles. The minimum Gasteiger partial charge on any atom is -0.439 e. The van der Waals surface area contributed by atoms with Gasteiger partial charge in [0.25, 0.3) is 0 Å². The van der Waals surface area contributed by atoms with Crippen molar-refractivity contribution in [3.05, 3.63) is 42.9 Å². The van der Waals surface area contributed by atoms with E-state index in [9.17, 15) is 18.3 Å². The topological polar surface area (TPSA) is 69.4 Å². The lowest BCUT2D eigenvalue weighted by atomic mass is 9.77. The van der Waals surface area contributed by atoms with Gasteiger partial charge in [0, 0.05) is 18.2 Å². The van der Waals surface area contributed by atoms with Gasteiger partial charge in [0.1, 0.15) is 11.5 Å². The maximum Gasteiger partial charge on any atom is 0.573 e. The number of ether oxygens (including phenoxy) is 2. The predicted molar refractivity (Wildman–Crippen MR) is 89.6 cm³/mol. The fourth-order valence-electron chi connectivity index (χ4n) is 3.25. The van der Waals surface area contributed by atoms with E-state index in [0.29, 0.717) is 18.6 Å². The van der Waals surface area contributed by atoms with Gasteiger partial charge < -0.3 is 19.1 Å². The van der Waals surface area contributed by atoms with Crippen molar-refractivity contribution in [1.82, 2.24) is 14.5 Å². The Morgan fingerprint density at radius 2 is 1.89 bits per heavy atom. The molecule has 2 aromatic heterocycles. The van der Waals surface area contributed by atoms with Crippen molar-refractivity contribution in [3.63, 3.8) is 0 Å². The van der Waals surface area contributed by atoms with Crippen LogP contribution in [0.3, 0.4) is 0 Å². The molecule has 2 heterocycles. The number of alkyl halides is 3. The van der Waals surface area contributed by atoms with E-state index in [1.54, 1.807) is 31.5 Å². The maximum absolute atomic E-state index is 12.2. The first-order chi connectivity index (χ1) is 12.7. The normalized spacial score (nSPS) is 22.5. The zero-order valence-corrected chi connectivity index (χ0v) is 14.3. The van der Waals surface area contributed by atoms with Crippen LogP contribution in [0.2, 0.25) is 0 Å². The van der Waals surface area contributed by atoms with E-state index >= 15 is 0 Å². The number of imidazole rings is 1. The Balaban J connectivity index is 1.52. The van der Waals surface area contributed by atoms with E-state index < -0.39 is 17.7 Å². The van der Waals surface area contributed by atoms with Crippen molar-refractivity contribution in [1.29, 1.82) is 0 Å². The summed E-state index contributed by atoms with van der Waals surface area (Å²) >= 11 is 0. The molecule has 1 aliphatic rings. The Morgan fingerprint density at radius 1 is 1.15 bits per heavy atom. The summed E-state index contributed by atoms with van der Waals surface area (Å²) in [6, 6.07) is 7.88. The van der Waals surface area contributed by atoms with Gasteiger partial charge in [0.05, 0.1) is 29.2 Å². The molecule has 9 heteroatoms. The second-order valence-electron chi connectivity index (χ2n) is 6.84. The van der Waals surface area contributed by atoms with E-state index in [1.165, 1.54) is 6.07 Å². The summed E-state index contributed by atoms with van der Waals surface area (Å²) in [7, 11) is 0. The number of hydrogen-bond acceptors (Lipinski definition) is 5. The van der Waals surface area contributed by atoms with Gasteiger partial charge in [-0.15, -0.1) is 13.2 Å². The van der Waals surface area contributed by atoms with Crippen molar-refractivity contribution in [2.75, 3.05) is 0 Å². The number of pyridine rings is 1. The van der Waals surface area contributed by atoms with Crippen LogP contribution in [-0.2, 0) is 0 Å². The minimum absolute atomic E-state index is 0.140. The summed E-state index contributed by atoms with van der Waals surface area (Å²) in [4.78, 5) is 8.18. The monoisotopic (exact) mass is 379 g/mol. The molecule has 6 nitrogen and oxygen atoms in total. The molecule has 0 bridgehead atoms. The van der Waals surface area contributed by atoms with E-state index in [0.717, 1.165) is 23.3 Å². The van der Waals surface area contributed by atoms with Crippen LogP contribution < -0.4 is 9.47 Å². The highest BCUT2D eigenvalue weighted by atomic mass is 19.4. The second kappa shape index (κ2) is 6.12. The SMILES string of the molecule is C[C@]1(O)C[C@@H](n2cnc3ccc(Oc4ccc(OC(F)(F)F)cn4)cc32)C1. The predicted octanol–water partition coefficient (Wildman–Crippen LogP) is 4.21. The first-order valence-corrected chi connectivity index (χ1v) is 8.27. The lowest BCUT2D eigenvalue weighted by Crippen LogP contribution is -2.41. The average molecular weight is 379 g/mol. The fourth-order valence-corrected chi connectivity index (χ4v) is 3.25. The molecule has 1 aromatic carbocycles. The van der Waals surface area contributed by atoms with Crippen molar-refractivity contribution in [3.8, 4) is 17.4 Å². The van der Waals surface area contributed by atoms with Crippen molar-refractivity contribution < 1.29 is 27.8 Å².